The predicted molar refractivity (Wildman–Crippen MR) is 69.1 cm³/mol. The quantitative estimate of drug-likeness (QED) is 0.900. The number of rotatable bonds is 3. The van der Waals surface area contributed by atoms with Crippen LogP contribution in [0.5, 0.6) is 0 Å². The van der Waals surface area contributed by atoms with Gasteiger partial charge in [-0.15, -0.1) is 10.2 Å². The van der Waals surface area contributed by atoms with Gasteiger partial charge in [0.1, 0.15) is 6.61 Å². The van der Waals surface area contributed by atoms with Crippen LogP contribution in [0, 0.1) is 13.8 Å². The van der Waals surface area contributed by atoms with E-state index in [0.717, 1.165) is 24.2 Å². The fraction of sp³-hybridized carbons (Fsp3) is 0.429. The summed E-state index contributed by atoms with van der Waals surface area (Å²) in [7, 11) is 0. The third kappa shape index (κ3) is 1.73. The molecule has 1 aliphatic rings. The molecule has 4 nitrogen and oxygen atoms in total. The van der Waals surface area contributed by atoms with Crippen molar-refractivity contribution in [3.8, 4) is 11.4 Å². The Labute approximate surface area is 106 Å². The Morgan fingerprint density at radius 1 is 1.22 bits per heavy atom. The highest BCUT2D eigenvalue weighted by molar-refractivity contribution is 5.65. The van der Waals surface area contributed by atoms with Crippen LogP contribution in [0.1, 0.15) is 35.8 Å². The van der Waals surface area contributed by atoms with Crippen LogP contribution >= 0.6 is 0 Å². The van der Waals surface area contributed by atoms with E-state index in [0.29, 0.717) is 11.9 Å². The van der Waals surface area contributed by atoms with Crippen molar-refractivity contribution < 1.29 is 5.11 Å². The molecule has 1 aromatic carbocycles. The van der Waals surface area contributed by atoms with Crippen LogP contribution in [0.25, 0.3) is 11.4 Å². The molecular formula is C14H17N3O. The molecule has 0 aliphatic heterocycles. The molecule has 94 valence electrons. The van der Waals surface area contributed by atoms with Crippen molar-refractivity contribution in [2.75, 3.05) is 0 Å². The number of benzene rings is 1. The van der Waals surface area contributed by atoms with Crippen molar-refractivity contribution >= 4 is 0 Å². The molecule has 0 bridgehead atoms. The minimum atomic E-state index is -0.0472. The Bertz CT molecular complexity index is 564. The lowest BCUT2D eigenvalue weighted by atomic mass is 10.0. The molecule has 0 saturated heterocycles. The van der Waals surface area contributed by atoms with Gasteiger partial charge in [0, 0.05) is 11.6 Å². The Balaban J connectivity index is 2.20. The van der Waals surface area contributed by atoms with E-state index in [1.54, 1.807) is 0 Å². The molecule has 1 aliphatic carbocycles. The molecule has 18 heavy (non-hydrogen) atoms. The molecule has 1 heterocycles. The maximum Gasteiger partial charge on any atom is 0.164 e. The van der Waals surface area contributed by atoms with Gasteiger partial charge >= 0.3 is 0 Å². The van der Waals surface area contributed by atoms with Gasteiger partial charge < -0.3 is 9.67 Å². The van der Waals surface area contributed by atoms with Crippen molar-refractivity contribution in [3.63, 3.8) is 0 Å². The van der Waals surface area contributed by atoms with Gasteiger partial charge in [0.15, 0.2) is 11.6 Å². The summed E-state index contributed by atoms with van der Waals surface area (Å²) in [5.74, 6) is 1.58. The lowest BCUT2D eigenvalue weighted by Crippen LogP contribution is -2.04. The second kappa shape index (κ2) is 4.21. The fourth-order valence-corrected chi connectivity index (χ4v) is 2.49. The fourth-order valence-electron chi connectivity index (χ4n) is 2.49. The first-order valence-corrected chi connectivity index (χ1v) is 6.33. The van der Waals surface area contributed by atoms with E-state index in [2.05, 4.69) is 46.8 Å². The highest BCUT2D eigenvalue weighted by Gasteiger charge is 2.30. The summed E-state index contributed by atoms with van der Waals surface area (Å²) in [6.07, 6.45) is 2.31. The molecule has 0 amide bonds. The molecule has 1 aromatic heterocycles. The molecule has 1 N–H and O–H groups in total. The van der Waals surface area contributed by atoms with E-state index >= 15 is 0 Å². The van der Waals surface area contributed by atoms with Gasteiger partial charge in [-0.1, -0.05) is 18.2 Å². The Morgan fingerprint density at radius 3 is 2.44 bits per heavy atom. The van der Waals surface area contributed by atoms with Crippen molar-refractivity contribution in [3.05, 3.63) is 35.2 Å². The van der Waals surface area contributed by atoms with Crippen molar-refractivity contribution in [2.24, 2.45) is 0 Å². The number of hydrogen-bond acceptors (Lipinski definition) is 3. The second-order valence-corrected chi connectivity index (χ2v) is 4.97. The Hall–Kier alpha value is -1.68. The average molecular weight is 243 g/mol. The second-order valence-electron chi connectivity index (χ2n) is 4.97. The van der Waals surface area contributed by atoms with E-state index in [4.69, 9.17) is 0 Å². The summed E-state index contributed by atoms with van der Waals surface area (Å²) >= 11 is 0. The van der Waals surface area contributed by atoms with Gasteiger partial charge in [-0.05, 0) is 37.8 Å². The first-order chi connectivity index (χ1) is 8.72. The third-order valence-electron chi connectivity index (χ3n) is 3.52. The zero-order valence-electron chi connectivity index (χ0n) is 10.7. The average Bonchev–Trinajstić information content (AvgIpc) is 3.10. The molecule has 4 heteroatoms. The first-order valence-electron chi connectivity index (χ1n) is 6.33. The first kappa shape index (κ1) is 11.4. The van der Waals surface area contributed by atoms with Crippen LogP contribution < -0.4 is 0 Å². The summed E-state index contributed by atoms with van der Waals surface area (Å²) in [5, 5.41) is 17.8. The Kier molecular flexibility index (Phi) is 2.67. The maximum atomic E-state index is 9.37. The molecule has 2 aromatic rings. The molecule has 0 unspecified atom stereocenters. The van der Waals surface area contributed by atoms with Gasteiger partial charge in [-0.2, -0.15) is 0 Å². The summed E-state index contributed by atoms with van der Waals surface area (Å²) in [6.45, 7) is 4.13. The van der Waals surface area contributed by atoms with Crippen LogP contribution in [0.3, 0.4) is 0 Å². The minimum Gasteiger partial charge on any atom is -0.388 e. The molecule has 0 spiro atoms. The normalized spacial score (nSPS) is 15.1. The maximum absolute atomic E-state index is 9.37. The topological polar surface area (TPSA) is 50.9 Å². The summed E-state index contributed by atoms with van der Waals surface area (Å²) in [5.41, 5.74) is 3.55. The summed E-state index contributed by atoms with van der Waals surface area (Å²) in [6, 6.07) is 6.70. The predicted octanol–water partition coefficient (Wildman–Crippen LogP) is 2.39. The van der Waals surface area contributed by atoms with Crippen LogP contribution in [0.4, 0.5) is 0 Å². The largest absolute Gasteiger partial charge is 0.388 e. The van der Waals surface area contributed by atoms with E-state index < -0.39 is 0 Å². The third-order valence-corrected chi connectivity index (χ3v) is 3.52. The van der Waals surface area contributed by atoms with Crippen molar-refractivity contribution in [1.29, 1.82) is 0 Å². The van der Waals surface area contributed by atoms with Gasteiger partial charge in [-0.25, -0.2) is 0 Å². The number of nitrogens with zero attached hydrogens (tertiary/aromatic N) is 3. The molecule has 0 atom stereocenters. The number of aliphatic hydroxyl groups excluding tert-OH is 1. The van der Waals surface area contributed by atoms with Crippen molar-refractivity contribution in [1.82, 2.24) is 14.8 Å². The molecule has 3 rings (SSSR count). The SMILES string of the molecule is Cc1cccc(C)c1-c1nnc(CO)n1C1CC1. The van der Waals surface area contributed by atoms with E-state index in [1.165, 1.54) is 11.1 Å². The lowest BCUT2D eigenvalue weighted by Gasteiger charge is -2.12. The van der Waals surface area contributed by atoms with Crippen LogP contribution in [0.2, 0.25) is 0 Å². The summed E-state index contributed by atoms with van der Waals surface area (Å²) < 4.78 is 2.11. The van der Waals surface area contributed by atoms with E-state index in [1.807, 2.05) is 0 Å². The van der Waals surface area contributed by atoms with Crippen LogP contribution in [-0.4, -0.2) is 19.9 Å². The standard InChI is InChI=1S/C14H17N3O/c1-9-4-3-5-10(2)13(9)14-16-15-12(8-18)17(14)11-6-7-11/h3-5,11,18H,6-8H2,1-2H3. The highest BCUT2D eigenvalue weighted by Crippen LogP contribution is 2.40. The Morgan fingerprint density at radius 2 is 1.89 bits per heavy atom. The number of aliphatic hydroxyl groups is 1. The van der Waals surface area contributed by atoms with Gasteiger partial charge in [0.05, 0.1) is 0 Å². The number of aromatic nitrogens is 3. The summed E-state index contributed by atoms with van der Waals surface area (Å²) in [4.78, 5) is 0. The van der Waals surface area contributed by atoms with Crippen LogP contribution in [0.15, 0.2) is 18.2 Å². The van der Waals surface area contributed by atoms with E-state index in [-0.39, 0.29) is 6.61 Å². The highest BCUT2D eigenvalue weighted by atomic mass is 16.3. The number of hydrogen-bond donors (Lipinski definition) is 1. The molecule has 1 fully saturated rings. The van der Waals surface area contributed by atoms with Crippen molar-refractivity contribution in [2.45, 2.75) is 39.3 Å². The van der Waals surface area contributed by atoms with Gasteiger partial charge in [0.2, 0.25) is 0 Å². The van der Waals surface area contributed by atoms with Crippen LogP contribution in [-0.2, 0) is 6.61 Å². The van der Waals surface area contributed by atoms with Gasteiger partial charge in [0.25, 0.3) is 0 Å². The zero-order valence-corrected chi connectivity index (χ0v) is 10.7. The molecule has 1 saturated carbocycles. The monoisotopic (exact) mass is 243 g/mol. The van der Waals surface area contributed by atoms with E-state index in [9.17, 15) is 5.11 Å². The number of aryl methyl sites for hydroxylation is 2. The van der Waals surface area contributed by atoms with Gasteiger partial charge in [-0.3, -0.25) is 0 Å². The zero-order chi connectivity index (χ0) is 12.7. The smallest absolute Gasteiger partial charge is 0.164 e. The minimum absolute atomic E-state index is 0.0472. The molecule has 0 radical (unpaired) electrons. The molecular weight excluding hydrogens is 226 g/mol. The lowest BCUT2D eigenvalue weighted by molar-refractivity contribution is 0.265.